The lowest BCUT2D eigenvalue weighted by molar-refractivity contribution is -0.0000291. The molecule has 1 aliphatic rings. The topological polar surface area (TPSA) is 66.8 Å². The molecular formula is C9H19NO4S. The van der Waals surface area contributed by atoms with Gasteiger partial charge in [0.15, 0.2) is 0 Å². The fourth-order valence-electron chi connectivity index (χ4n) is 2.20. The summed E-state index contributed by atoms with van der Waals surface area (Å²) in [6.07, 6.45) is 0.782. The number of rotatable bonds is 4. The highest BCUT2D eigenvalue weighted by Crippen LogP contribution is 2.30. The summed E-state index contributed by atoms with van der Waals surface area (Å²) in [5.74, 6) is 0. The molecule has 6 heteroatoms. The van der Waals surface area contributed by atoms with E-state index in [2.05, 4.69) is 0 Å². The summed E-state index contributed by atoms with van der Waals surface area (Å²) in [5.41, 5.74) is 0. The molecule has 0 aromatic rings. The van der Waals surface area contributed by atoms with Gasteiger partial charge >= 0.3 is 0 Å². The Balaban J connectivity index is 2.98. The van der Waals surface area contributed by atoms with Gasteiger partial charge in [0.2, 0.25) is 0 Å². The van der Waals surface area contributed by atoms with Crippen molar-refractivity contribution in [3.8, 4) is 0 Å². The third kappa shape index (κ3) is 2.33. The third-order valence-corrected chi connectivity index (χ3v) is 4.97. The summed E-state index contributed by atoms with van der Waals surface area (Å²) in [7, 11) is -4.06. The van der Waals surface area contributed by atoms with Crippen LogP contribution in [0.25, 0.3) is 0 Å². The number of hydrogen-bond donors (Lipinski definition) is 1. The Hall–Kier alpha value is -0.170. The second kappa shape index (κ2) is 4.78. The highest BCUT2D eigenvalue weighted by atomic mass is 32.2. The highest BCUT2D eigenvalue weighted by Gasteiger charge is 2.45. The van der Waals surface area contributed by atoms with Gasteiger partial charge in [-0.05, 0) is 12.8 Å². The minimum absolute atomic E-state index is 0.391. The molecule has 15 heavy (non-hydrogen) atoms. The van der Waals surface area contributed by atoms with E-state index in [-0.39, 0.29) is 0 Å². The number of hydrogen-bond acceptors (Lipinski definition) is 4. The standard InChI is InChI=1S/C9H19NO4S/c1-3-9(4-2,15(11,12)13)10-5-7-14-8-6-10/h3-8H2,1-2H3,(H,11,12,13). The first kappa shape index (κ1) is 12.9. The Morgan fingerprint density at radius 3 is 2.07 bits per heavy atom. The van der Waals surface area contributed by atoms with Crippen molar-refractivity contribution in [3.05, 3.63) is 0 Å². The molecule has 0 amide bonds. The van der Waals surface area contributed by atoms with Crippen molar-refractivity contribution in [2.45, 2.75) is 31.6 Å². The molecule has 1 saturated heterocycles. The predicted molar refractivity (Wildman–Crippen MR) is 57.3 cm³/mol. The number of morpholine rings is 1. The molecule has 0 saturated carbocycles. The molecule has 5 nitrogen and oxygen atoms in total. The number of ether oxygens (including phenoxy) is 1. The van der Waals surface area contributed by atoms with Crippen LogP contribution in [0.2, 0.25) is 0 Å². The maximum Gasteiger partial charge on any atom is 0.284 e. The van der Waals surface area contributed by atoms with Gasteiger partial charge in [-0.1, -0.05) is 13.8 Å². The first-order valence-corrected chi connectivity index (χ1v) is 6.71. The molecule has 1 N–H and O–H groups in total. The molecule has 0 aromatic heterocycles. The van der Waals surface area contributed by atoms with Crippen LogP contribution < -0.4 is 0 Å². The van der Waals surface area contributed by atoms with Crippen molar-refractivity contribution in [2.24, 2.45) is 0 Å². The highest BCUT2D eigenvalue weighted by molar-refractivity contribution is 7.87. The zero-order valence-electron chi connectivity index (χ0n) is 9.27. The Morgan fingerprint density at radius 2 is 1.73 bits per heavy atom. The van der Waals surface area contributed by atoms with Gasteiger partial charge in [0.25, 0.3) is 10.1 Å². The minimum Gasteiger partial charge on any atom is -0.379 e. The van der Waals surface area contributed by atoms with Crippen molar-refractivity contribution in [3.63, 3.8) is 0 Å². The van der Waals surface area contributed by atoms with Gasteiger partial charge in [-0.2, -0.15) is 8.42 Å². The number of nitrogens with zero attached hydrogens (tertiary/aromatic N) is 1. The van der Waals surface area contributed by atoms with Gasteiger partial charge < -0.3 is 4.74 Å². The Bertz CT molecular complexity index is 291. The lowest BCUT2D eigenvalue weighted by Crippen LogP contribution is -2.57. The summed E-state index contributed by atoms with van der Waals surface area (Å²) in [5, 5.41) is 0. The van der Waals surface area contributed by atoms with Crippen molar-refractivity contribution < 1.29 is 17.7 Å². The fourth-order valence-corrected chi connectivity index (χ4v) is 3.43. The van der Waals surface area contributed by atoms with Crippen LogP contribution in [0, 0.1) is 0 Å². The van der Waals surface area contributed by atoms with Crippen molar-refractivity contribution >= 4 is 10.1 Å². The molecular weight excluding hydrogens is 218 g/mol. The average Bonchev–Trinajstić information content (AvgIpc) is 2.20. The van der Waals surface area contributed by atoms with Crippen LogP contribution in [-0.4, -0.2) is 49.0 Å². The van der Waals surface area contributed by atoms with Crippen LogP contribution >= 0.6 is 0 Å². The fraction of sp³-hybridized carbons (Fsp3) is 1.00. The first-order valence-electron chi connectivity index (χ1n) is 5.27. The van der Waals surface area contributed by atoms with Crippen LogP contribution in [0.15, 0.2) is 0 Å². The van der Waals surface area contributed by atoms with E-state index in [1.54, 1.807) is 13.8 Å². The van der Waals surface area contributed by atoms with E-state index >= 15 is 0 Å². The van der Waals surface area contributed by atoms with Gasteiger partial charge in [0, 0.05) is 13.1 Å². The molecule has 1 aliphatic heterocycles. The van der Waals surface area contributed by atoms with E-state index in [4.69, 9.17) is 4.74 Å². The van der Waals surface area contributed by atoms with Gasteiger partial charge in [0.05, 0.1) is 13.2 Å². The lowest BCUT2D eigenvalue weighted by Gasteiger charge is -2.42. The summed E-state index contributed by atoms with van der Waals surface area (Å²) >= 11 is 0. The van der Waals surface area contributed by atoms with E-state index in [1.165, 1.54) is 0 Å². The second-order valence-corrected chi connectivity index (χ2v) is 5.44. The Kier molecular flexibility index (Phi) is 4.11. The molecule has 90 valence electrons. The molecule has 0 spiro atoms. The van der Waals surface area contributed by atoms with Crippen molar-refractivity contribution in [1.29, 1.82) is 0 Å². The molecule has 0 aromatic carbocycles. The Labute approximate surface area is 91.2 Å². The maximum absolute atomic E-state index is 11.5. The van der Waals surface area contributed by atoms with Crippen LogP contribution in [0.3, 0.4) is 0 Å². The zero-order chi connectivity index (χ0) is 11.5. The molecule has 0 atom stereocenters. The summed E-state index contributed by atoms with van der Waals surface area (Å²) in [4.78, 5) is 0.683. The molecule has 0 aliphatic carbocycles. The SMILES string of the molecule is CCC(CC)(N1CCOCC1)S(=O)(=O)O. The van der Waals surface area contributed by atoms with E-state index < -0.39 is 15.0 Å². The monoisotopic (exact) mass is 237 g/mol. The third-order valence-electron chi connectivity index (χ3n) is 3.17. The normalized spacial score (nSPS) is 20.5. The van der Waals surface area contributed by atoms with Gasteiger partial charge in [-0.3, -0.25) is 9.45 Å². The first-order chi connectivity index (χ1) is 6.98. The molecule has 1 heterocycles. The van der Waals surface area contributed by atoms with Crippen LogP contribution in [0.5, 0.6) is 0 Å². The van der Waals surface area contributed by atoms with E-state index in [0.29, 0.717) is 39.1 Å². The van der Waals surface area contributed by atoms with E-state index in [0.717, 1.165) is 0 Å². The largest absolute Gasteiger partial charge is 0.379 e. The quantitative estimate of drug-likeness (QED) is 0.730. The lowest BCUT2D eigenvalue weighted by atomic mass is 10.1. The van der Waals surface area contributed by atoms with E-state index in [9.17, 15) is 13.0 Å². The molecule has 1 fully saturated rings. The maximum atomic E-state index is 11.5. The zero-order valence-corrected chi connectivity index (χ0v) is 10.1. The Morgan fingerprint density at radius 1 is 1.27 bits per heavy atom. The van der Waals surface area contributed by atoms with E-state index in [1.807, 2.05) is 4.90 Å². The van der Waals surface area contributed by atoms with Gasteiger partial charge in [-0.15, -0.1) is 0 Å². The summed E-state index contributed by atoms with van der Waals surface area (Å²) in [6, 6.07) is 0. The molecule has 0 bridgehead atoms. The van der Waals surface area contributed by atoms with Crippen LogP contribution in [0.1, 0.15) is 26.7 Å². The van der Waals surface area contributed by atoms with Crippen molar-refractivity contribution in [1.82, 2.24) is 4.90 Å². The van der Waals surface area contributed by atoms with Crippen LogP contribution in [0.4, 0.5) is 0 Å². The summed E-state index contributed by atoms with van der Waals surface area (Å²) < 4.78 is 37.5. The smallest absolute Gasteiger partial charge is 0.284 e. The molecule has 0 unspecified atom stereocenters. The molecule has 1 rings (SSSR count). The average molecular weight is 237 g/mol. The molecule has 0 radical (unpaired) electrons. The summed E-state index contributed by atoms with van der Waals surface area (Å²) in [6.45, 7) is 5.73. The predicted octanol–water partition coefficient (Wildman–Crippen LogP) is 0.723. The van der Waals surface area contributed by atoms with Crippen LogP contribution in [-0.2, 0) is 14.9 Å². The second-order valence-electron chi connectivity index (χ2n) is 3.73. The van der Waals surface area contributed by atoms with Gasteiger partial charge in [-0.25, -0.2) is 0 Å². The minimum atomic E-state index is -4.06. The van der Waals surface area contributed by atoms with Gasteiger partial charge in [0.1, 0.15) is 4.87 Å². The van der Waals surface area contributed by atoms with Crippen molar-refractivity contribution in [2.75, 3.05) is 26.3 Å².